The molecule has 0 aliphatic heterocycles. The number of rotatable bonds is 3. The van der Waals surface area contributed by atoms with Gasteiger partial charge in [-0.25, -0.2) is 15.0 Å². The van der Waals surface area contributed by atoms with Gasteiger partial charge in [-0.05, 0) is 41.5 Å². The van der Waals surface area contributed by atoms with Crippen LogP contribution in [0.4, 0.5) is 5.82 Å². The summed E-state index contributed by atoms with van der Waals surface area (Å²) in [6, 6.07) is 17.3. The fourth-order valence-electron chi connectivity index (χ4n) is 2.94. The first-order chi connectivity index (χ1) is 12.7. The van der Waals surface area contributed by atoms with Crippen molar-refractivity contribution in [2.75, 3.05) is 12.8 Å². The third kappa shape index (κ3) is 2.82. The van der Waals surface area contributed by atoms with Crippen LogP contribution in [0.2, 0.25) is 5.02 Å². The van der Waals surface area contributed by atoms with E-state index in [9.17, 15) is 0 Å². The molecule has 0 bridgehead atoms. The van der Waals surface area contributed by atoms with E-state index in [1.807, 2.05) is 54.6 Å². The maximum atomic E-state index is 6.13. The van der Waals surface area contributed by atoms with Crippen molar-refractivity contribution in [3.05, 3.63) is 65.9 Å². The first kappa shape index (κ1) is 16.3. The molecule has 0 radical (unpaired) electrons. The molecule has 0 aliphatic rings. The van der Waals surface area contributed by atoms with E-state index in [1.165, 1.54) is 6.33 Å². The van der Waals surface area contributed by atoms with Crippen LogP contribution in [0.5, 0.6) is 5.75 Å². The van der Waals surface area contributed by atoms with Crippen LogP contribution in [0.15, 0.2) is 60.9 Å². The molecular formula is C20H15ClN4O. The highest BCUT2D eigenvalue weighted by Crippen LogP contribution is 2.36. The Hall–Kier alpha value is -3.18. The van der Waals surface area contributed by atoms with Crippen LogP contribution in [0, 0.1) is 0 Å². The maximum absolute atomic E-state index is 6.13. The number of hydrogen-bond acceptors (Lipinski definition) is 5. The number of fused-ring (bicyclic) bond motifs is 1. The monoisotopic (exact) mass is 362 g/mol. The van der Waals surface area contributed by atoms with Gasteiger partial charge in [-0.15, -0.1) is 0 Å². The average Bonchev–Trinajstić information content (AvgIpc) is 2.68. The molecule has 0 fully saturated rings. The van der Waals surface area contributed by atoms with Gasteiger partial charge < -0.3 is 10.5 Å². The van der Waals surface area contributed by atoms with Crippen molar-refractivity contribution in [2.45, 2.75) is 0 Å². The number of hydrogen-bond donors (Lipinski definition) is 1. The molecule has 0 saturated carbocycles. The van der Waals surface area contributed by atoms with Gasteiger partial charge in [0.05, 0.1) is 18.2 Å². The van der Waals surface area contributed by atoms with E-state index < -0.39 is 0 Å². The Kier molecular flexibility index (Phi) is 4.14. The second-order valence-electron chi connectivity index (χ2n) is 5.72. The largest absolute Gasteiger partial charge is 0.496 e. The fraction of sp³-hybridized carbons (Fsp3) is 0.0500. The number of benzene rings is 2. The summed E-state index contributed by atoms with van der Waals surface area (Å²) < 4.78 is 5.48. The molecule has 2 N–H and O–H groups in total. The van der Waals surface area contributed by atoms with Crippen molar-refractivity contribution >= 4 is 28.5 Å². The van der Waals surface area contributed by atoms with Crippen LogP contribution < -0.4 is 10.5 Å². The van der Waals surface area contributed by atoms with E-state index in [0.29, 0.717) is 21.9 Å². The number of nitrogen functional groups attached to an aromatic ring is 1. The van der Waals surface area contributed by atoms with Crippen LogP contribution in [-0.4, -0.2) is 22.1 Å². The Labute approximate surface area is 155 Å². The lowest BCUT2D eigenvalue weighted by Crippen LogP contribution is -1.99. The molecule has 5 nitrogen and oxygen atoms in total. The fourth-order valence-corrected chi connectivity index (χ4v) is 3.07. The van der Waals surface area contributed by atoms with Gasteiger partial charge in [-0.3, -0.25) is 0 Å². The van der Waals surface area contributed by atoms with E-state index >= 15 is 0 Å². The lowest BCUT2D eigenvalue weighted by Gasteiger charge is -2.13. The van der Waals surface area contributed by atoms with Crippen LogP contribution in [0.1, 0.15) is 0 Å². The summed E-state index contributed by atoms with van der Waals surface area (Å²) in [4.78, 5) is 13.1. The minimum atomic E-state index is 0.388. The van der Waals surface area contributed by atoms with E-state index in [0.717, 1.165) is 28.1 Å². The lowest BCUT2D eigenvalue weighted by atomic mass is 9.99. The maximum Gasteiger partial charge on any atom is 0.165 e. The molecule has 4 aromatic rings. The smallest absolute Gasteiger partial charge is 0.165 e. The van der Waals surface area contributed by atoms with Gasteiger partial charge in [0.2, 0.25) is 0 Å². The number of anilines is 1. The molecule has 0 spiro atoms. The summed E-state index contributed by atoms with van der Waals surface area (Å²) in [5.41, 5.74) is 10.1. The summed E-state index contributed by atoms with van der Waals surface area (Å²) in [5, 5.41) is 1.38. The van der Waals surface area contributed by atoms with Crippen molar-refractivity contribution in [1.29, 1.82) is 0 Å². The Morgan fingerprint density at radius 1 is 0.962 bits per heavy atom. The minimum Gasteiger partial charge on any atom is -0.496 e. The topological polar surface area (TPSA) is 73.9 Å². The molecular weight excluding hydrogens is 348 g/mol. The molecule has 2 aromatic carbocycles. The highest BCUT2D eigenvalue weighted by atomic mass is 35.5. The number of aromatic nitrogens is 3. The van der Waals surface area contributed by atoms with Crippen LogP contribution in [0.25, 0.3) is 33.4 Å². The van der Waals surface area contributed by atoms with Gasteiger partial charge >= 0.3 is 0 Å². The van der Waals surface area contributed by atoms with Crippen molar-refractivity contribution in [3.63, 3.8) is 0 Å². The third-order valence-electron chi connectivity index (χ3n) is 4.17. The summed E-state index contributed by atoms with van der Waals surface area (Å²) >= 11 is 6.04. The van der Waals surface area contributed by atoms with E-state index in [2.05, 4.69) is 15.0 Å². The molecule has 2 heterocycles. The van der Waals surface area contributed by atoms with Gasteiger partial charge in [0.25, 0.3) is 0 Å². The minimum absolute atomic E-state index is 0.388. The third-order valence-corrected chi connectivity index (χ3v) is 4.42. The predicted molar refractivity (Wildman–Crippen MR) is 104 cm³/mol. The Bertz CT molecular complexity index is 1100. The van der Waals surface area contributed by atoms with E-state index in [4.69, 9.17) is 22.1 Å². The molecule has 0 atom stereocenters. The van der Waals surface area contributed by atoms with Crippen LogP contribution in [0.3, 0.4) is 0 Å². The normalized spacial score (nSPS) is 10.8. The summed E-state index contributed by atoms with van der Waals surface area (Å²) in [6.07, 6.45) is 1.42. The molecule has 2 aromatic heterocycles. The zero-order chi connectivity index (χ0) is 18.1. The predicted octanol–water partition coefficient (Wildman–Crippen LogP) is 4.60. The molecule has 128 valence electrons. The number of halogens is 1. The molecule has 4 rings (SSSR count). The van der Waals surface area contributed by atoms with Gasteiger partial charge in [-0.1, -0.05) is 35.9 Å². The molecule has 0 amide bonds. The Morgan fingerprint density at radius 2 is 1.73 bits per heavy atom. The van der Waals surface area contributed by atoms with Crippen LogP contribution >= 0.6 is 11.6 Å². The highest BCUT2D eigenvalue weighted by Gasteiger charge is 2.15. The number of nitrogens with zero attached hydrogens (tertiary/aromatic N) is 3. The molecule has 26 heavy (non-hydrogen) atoms. The second-order valence-corrected chi connectivity index (χ2v) is 6.16. The van der Waals surface area contributed by atoms with Crippen molar-refractivity contribution in [1.82, 2.24) is 15.0 Å². The van der Waals surface area contributed by atoms with Crippen molar-refractivity contribution in [3.8, 4) is 28.1 Å². The zero-order valence-electron chi connectivity index (χ0n) is 14.0. The first-order valence-electron chi connectivity index (χ1n) is 7.98. The first-order valence-corrected chi connectivity index (χ1v) is 8.35. The highest BCUT2D eigenvalue weighted by molar-refractivity contribution is 6.30. The molecule has 0 aliphatic carbocycles. The summed E-state index contributed by atoms with van der Waals surface area (Å²) in [7, 11) is 1.64. The van der Waals surface area contributed by atoms with E-state index in [-0.39, 0.29) is 0 Å². The summed E-state index contributed by atoms with van der Waals surface area (Å²) in [5.74, 6) is 1.13. The number of nitrogens with two attached hydrogens (primary N) is 1. The number of ether oxygens (including phenoxy) is 1. The van der Waals surface area contributed by atoms with Gasteiger partial charge in [0.15, 0.2) is 5.65 Å². The van der Waals surface area contributed by atoms with Crippen LogP contribution in [-0.2, 0) is 0 Å². The van der Waals surface area contributed by atoms with Gasteiger partial charge in [-0.2, -0.15) is 0 Å². The van der Waals surface area contributed by atoms with Gasteiger partial charge in [0.1, 0.15) is 17.9 Å². The summed E-state index contributed by atoms with van der Waals surface area (Å²) in [6.45, 7) is 0. The molecule has 6 heteroatoms. The van der Waals surface area contributed by atoms with Crippen molar-refractivity contribution < 1.29 is 4.74 Å². The SMILES string of the molecule is COc1ccccc1-c1cc(-c2ccc(Cl)cc2)c2c(N)ncnc2n1. The zero-order valence-corrected chi connectivity index (χ0v) is 14.7. The number of pyridine rings is 1. The lowest BCUT2D eigenvalue weighted by molar-refractivity contribution is 0.416. The number of para-hydroxylation sites is 1. The Balaban J connectivity index is 2.04. The average molecular weight is 363 g/mol. The Morgan fingerprint density at radius 3 is 2.50 bits per heavy atom. The number of methoxy groups -OCH3 is 1. The van der Waals surface area contributed by atoms with Gasteiger partial charge in [0, 0.05) is 10.6 Å². The standard InChI is InChI=1S/C20H15ClN4O/c1-26-17-5-3-2-4-14(17)16-10-15(12-6-8-13(21)9-7-12)18-19(22)23-11-24-20(18)25-16/h2-11H,1H3,(H2,22,23,24,25). The van der Waals surface area contributed by atoms with E-state index in [1.54, 1.807) is 7.11 Å². The molecule has 0 unspecified atom stereocenters. The quantitative estimate of drug-likeness (QED) is 0.576. The second kappa shape index (κ2) is 6.61. The van der Waals surface area contributed by atoms with Crippen molar-refractivity contribution in [2.24, 2.45) is 0 Å². The molecule has 0 saturated heterocycles.